The molecule has 1 aromatic carbocycles. The molecule has 0 N–H and O–H groups in total. The van der Waals surface area contributed by atoms with Crippen LogP contribution < -0.4 is 4.90 Å². The fraction of sp³-hybridized carbons (Fsp3) is 0.571. The van der Waals surface area contributed by atoms with E-state index in [1.54, 1.807) is 12.1 Å². The van der Waals surface area contributed by atoms with Gasteiger partial charge in [0.1, 0.15) is 5.69 Å². The lowest BCUT2D eigenvalue weighted by Crippen LogP contribution is -2.27. The first-order valence-electron chi connectivity index (χ1n) is 6.63. The molecule has 0 bridgehead atoms. The van der Waals surface area contributed by atoms with Crippen molar-refractivity contribution in [2.45, 2.75) is 32.1 Å². The summed E-state index contributed by atoms with van der Waals surface area (Å²) < 4.78 is 0. The smallest absolute Gasteiger partial charge is 0.292 e. The van der Waals surface area contributed by atoms with Crippen molar-refractivity contribution in [3.8, 4) is 0 Å². The molecule has 0 amide bonds. The van der Waals surface area contributed by atoms with Crippen molar-refractivity contribution >= 4 is 11.4 Å². The highest BCUT2D eigenvalue weighted by atomic mass is 16.6. The molecule has 2 rings (SSSR count). The highest BCUT2D eigenvalue weighted by Crippen LogP contribution is 2.30. The summed E-state index contributed by atoms with van der Waals surface area (Å²) in [6, 6.07) is 6.99. The summed E-state index contributed by atoms with van der Waals surface area (Å²) in [5, 5.41) is 11.0. The molecule has 0 spiro atoms. The Hall–Kier alpha value is -1.58. The van der Waals surface area contributed by atoms with Gasteiger partial charge in [0, 0.05) is 19.7 Å². The monoisotopic (exact) mass is 248 g/mol. The van der Waals surface area contributed by atoms with Crippen molar-refractivity contribution in [2.75, 3.05) is 18.5 Å². The van der Waals surface area contributed by atoms with Crippen LogP contribution in [0.4, 0.5) is 11.4 Å². The number of nitro benzene ring substituents is 1. The molecule has 0 saturated heterocycles. The minimum atomic E-state index is -0.299. The van der Waals surface area contributed by atoms with Gasteiger partial charge in [0.25, 0.3) is 5.69 Å². The number of nitro groups is 1. The van der Waals surface area contributed by atoms with E-state index in [0.29, 0.717) is 5.92 Å². The van der Waals surface area contributed by atoms with E-state index in [-0.39, 0.29) is 10.6 Å². The van der Waals surface area contributed by atoms with Gasteiger partial charge in [-0.15, -0.1) is 0 Å². The molecule has 0 atom stereocenters. The van der Waals surface area contributed by atoms with Gasteiger partial charge in [-0.3, -0.25) is 10.1 Å². The molecule has 0 aliphatic heterocycles. The summed E-state index contributed by atoms with van der Waals surface area (Å²) in [4.78, 5) is 12.7. The molecule has 4 heteroatoms. The summed E-state index contributed by atoms with van der Waals surface area (Å²) in [5.41, 5.74) is 0.934. The Balaban J connectivity index is 2.08. The Labute approximate surface area is 108 Å². The molecule has 4 nitrogen and oxygen atoms in total. The van der Waals surface area contributed by atoms with Crippen LogP contribution in [0.15, 0.2) is 24.3 Å². The van der Waals surface area contributed by atoms with Gasteiger partial charge in [0.15, 0.2) is 0 Å². The third kappa shape index (κ3) is 3.00. The second-order valence-corrected chi connectivity index (χ2v) is 5.13. The van der Waals surface area contributed by atoms with Gasteiger partial charge < -0.3 is 4.90 Å². The molecule has 1 aromatic rings. The summed E-state index contributed by atoms with van der Waals surface area (Å²) in [6.45, 7) is 0.921. The maximum Gasteiger partial charge on any atom is 0.292 e. The van der Waals surface area contributed by atoms with Crippen molar-refractivity contribution in [1.82, 2.24) is 0 Å². The van der Waals surface area contributed by atoms with Gasteiger partial charge in [-0.2, -0.15) is 0 Å². The largest absolute Gasteiger partial charge is 0.369 e. The van der Waals surface area contributed by atoms with Crippen molar-refractivity contribution in [3.63, 3.8) is 0 Å². The quantitative estimate of drug-likeness (QED) is 0.604. The average molecular weight is 248 g/mol. The Kier molecular flexibility index (Phi) is 4.18. The first-order chi connectivity index (χ1) is 8.68. The van der Waals surface area contributed by atoms with Crippen LogP contribution in [0, 0.1) is 16.0 Å². The Bertz CT molecular complexity index is 414. The molecule has 1 aliphatic rings. The van der Waals surface area contributed by atoms with Crippen LogP contribution in [-0.4, -0.2) is 18.5 Å². The minimum Gasteiger partial charge on any atom is -0.369 e. The topological polar surface area (TPSA) is 46.4 Å². The van der Waals surface area contributed by atoms with Gasteiger partial charge in [0.2, 0.25) is 0 Å². The second-order valence-electron chi connectivity index (χ2n) is 5.13. The maximum atomic E-state index is 11.0. The predicted octanol–water partition coefficient (Wildman–Crippen LogP) is 3.61. The summed E-state index contributed by atoms with van der Waals surface area (Å²) in [6.07, 6.45) is 6.45. The summed E-state index contributed by atoms with van der Waals surface area (Å²) in [5.74, 6) is 0.684. The van der Waals surface area contributed by atoms with E-state index in [0.717, 1.165) is 12.2 Å². The van der Waals surface area contributed by atoms with Crippen molar-refractivity contribution < 1.29 is 4.92 Å². The predicted molar refractivity (Wildman–Crippen MR) is 72.9 cm³/mol. The van der Waals surface area contributed by atoms with Gasteiger partial charge in [0.05, 0.1) is 4.92 Å². The van der Waals surface area contributed by atoms with E-state index >= 15 is 0 Å². The van der Waals surface area contributed by atoms with Gasteiger partial charge >= 0.3 is 0 Å². The van der Waals surface area contributed by atoms with Crippen molar-refractivity contribution in [3.05, 3.63) is 34.4 Å². The summed E-state index contributed by atoms with van der Waals surface area (Å²) >= 11 is 0. The molecular formula is C14H20N2O2. The zero-order chi connectivity index (χ0) is 13.0. The molecular weight excluding hydrogens is 228 g/mol. The number of anilines is 1. The van der Waals surface area contributed by atoms with Crippen LogP contribution in [0.1, 0.15) is 32.1 Å². The first-order valence-corrected chi connectivity index (χ1v) is 6.63. The molecule has 0 unspecified atom stereocenters. The Morgan fingerprint density at radius 1 is 1.28 bits per heavy atom. The average Bonchev–Trinajstić information content (AvgIpc) is 2.40. The third-order valence-corrected chi connectivity index (χ3v) is 3.75. The number of hydrogen-bond acceptors (Lipinski definition) is 3. The highest BCUT2D eigenvalue weighted by molar-refractivity contribution is 5.62. The summed E-state index contributed by atoms with van der Waals surface area (Å²) in [7, 11) is 1.96. The lowest BCUT2D eigenvalue weighted by Gasteiger charge is -2.28. The van der Waals surface area contributed by atoms with Gasteiger partial charge in [-0.25, -0.2) is 0 Å². The van der Waals surface area contributed by atoms with Gasteiger partial charge in [-0.05, 0) is 24.8 Å². The molecule has 98 valence electrons. The molecule has 0 heterocycles. The highest BCUT2D eigenvalue weighted by Gasteiger charge is 2.20. The fourth-order valence-corrected chi connectivity index (χ4v) is 2.80. The zero-order valence-electron chi connectivity index (χ0n) is 10.8. The van der Waals surface area contributed by atoms with Gasteiger partial charge in [-0.1, -0.05) is 31.4 Å². The standard InChI is InChI=1S/C14H20N2O2/c1-15(11-12-7-3-2-4-8-12)13-9-5-6-10-14(13)16(17)18/h5-6,9-10,12H,2-4,7-8,11H2,1H3. The molecule has 0 radical (unpaired) electrons. The van der Waals surface area contributed by atoms with Crippen LogP contribution in [-0.2, 0) is 0 Å². The van der Waals surface area contributed by atoms with E-state index < -0.39 is 0 Å². The zero-order valence-corrected chi connectivity index (χ0v) is 10.8. The van der Waals surface area contributed by atoms with Crippen LogP contribution in [0.2, 0.25) is 0 Å². The number of hydrogen-bond donors (Lipinski definition) is 0. The van der Waals surface area contributed by atoms with Crippen LogP contribution in [0.3, 0.4) is 0 Å². The van der Waals surface area contributed by atoms with E-state index in [9.17, 15) is 10.1 Å². The SMILES string of the molecule is CN(CC1CCCCC1)c1ccccc1[N+](=O)[O-]. The number of rotatable bonds is 4. The molecule has 1 aliphatic carbocycles. The normalized spacial score (nSPS) is 16.5. The maximum absolute atomic E-state index is 11.0. The van der Waals surface area contributed by atoms with E-state index in [1.807, 2.05) is 24.1 Å². The minimum absolute atomic E-state index is 0.204. The lowest BCUT2D eigenvalue weighted by molar-refractivity contribution is -0.384. The van der Waals surface area contributed by atoms with Crippen LogP contribution in [0.25, 0.3) is 0 Å². The van der Waals surface area contributed by atoms with Crippen molar-refractivity contribution in [1.29, 1.82) is 0 Å². The number of benzene rings is 1. The first kappa shape index (κ1) is 12.9. The lowest BCUT2D eigenvalue weighted by atomic mass is 9.89. The van der Waals surface area contributed by atoms with Crippen molar-refractivity contribution in [2.24, 2.45) is 5.92 Å². The van der Waals surface area contributed by atoms with E-state index in [2.05, 4.69) is 0 Å². The van der Waals surface area contributed by atoms with Crippen LogP contribution in [0.5, 0.6) is 0 Å². The number of para-hydroxylation sites is 2. The Morgan fingerprint density at radius 3 is 2.61 bits per heavy atom. The van der Waals surface area contributed by atoms with Crippen LogP contribution >= 0.6 is 0 Å². The molecule has 1 fully saturated rings. The molecule has 0 aromatic heterocycles. The fourth-order valence-electron chi connectivity index (χ4n) is 2.80. The molecule has 18 heavy (non-hydrogen) atoms. The molecule has 1 saturated carbocycles. The van der Waals surface area contributed by atoms with E-state index in [1.165, 1.54) is 32.1 Å². The second kappa shape index (κ2) is 5.85. The Morgan fingerprint density at radius 2 is 1.94 bits per heavy atom. The number of nitrogens with zero attached hydrogens (tertiary/aromatic N) is 2. The van der Waals surface area contributed by atoms with E-state index in [4.69, 9.17) is 0 Å². The third-order valence-electron chi connectivity index (χ3n) is 3.75.